The van der Waals surface area contributed by atoms with E-state index in [1.54, 1.807) is 44.2 Å². The van der Waals surface area contributed by atoms with Crippen LogP contribution in [-0.2, 0) is 5.60 Å². The predicted molar refractivity (Wildman–Crippen MR) is 126 cm³/mol. The third kappa shape index (κ3) is 5.37. The number of nitrogens with two attached hydrogens (primary N) is 1. The van der Waals surface area contributed by atoms with E-state index in [1.807, 2.05) is 0 Å². The Bertz CT molecular complexity index is 1210. The van der Waals surface area contributed by atoms with E-state index in [0.717, 1.165) is 24.2 Å². The highest BCUT2D eigenvalue weighted by molar-refractivity contribution is 7.19. The summed E-state index contributed by atoms with van der Waals surface area (Å²) < 4.78 is 14.8. The minimum atomic E-state index is -1.18. The molecule has 33 heavy (non-hydrogen) atoms. The van der Waals surface area contributed by atoms with Crippen LogP contribution in [0, 0.1) is 11.7 Å². The normalized spacial score (nSPS) is 13.6. The molecule has 9 heteroatoms. The summed E-state index contributed by atoms with van der Waals surface area (Å²) in [6.45, 7) is 3.79. The number of rotatable bonds is 8. The molecule has 0 atom stereocenters. The van der Waals surface area contributed by atoms with E-state index in [9.17, 15) is 19.1 Å². The third-order valence-corrected chi connectivity index (χ3v) is 6.49. The highest BCUT2D eigenvalue weighted by Crippen LogP contribution is 2.38. The topological polar surface area (TPSA) is 117 Å². The third-order valence-electron chi connectivity index (χ3n) is 5.41. The van der Waals surface area contributed by atoms with Crippen LogP contribution in [0.4, 0.5) is 15.2 Å². The number of hydrogen-bond donors (Lipinski definition) is 4. The number of primary amides is 1. The van der Waals surface area contributed by atoms with Crippen LogP contribution in [-0.4, -0.2) is 28.4 Å². The van der Waals surface area contributed by atoms with Crippen molar-refractivity contribution in [3.8, 4) is 10.4 Å². The number of carbonyl (C=O) groups excluding carboxylic acids is 2. The number of thiophene rings is 1. The molecule has 0 aliphatic heterocycles. The number of nitrogens with zero attached hydrogens (tertiary/aromatic N) is 1. The molecule has 2 aromatic heterocycles. The van der Waals surface area contributed by atoms with Gasteiger partial charge in [-0.3, -0.25) is 9.59 Å². The Morgan fingerprint density at radius 1 is 1.24 bits per heavy atom. The lowest BCUT2D eigenvalue weighted by Crippen LogP contribution is -2.26. The number of carbonyl (C=O) groups is 2. The highest BCUT2D eigenvalue weighted by Gasteiger charge is 2.23. The lowest BCUT2D eigenvalue weighted by molar-refractivity contribution is 0.0782. The first-order valence-electron chi connectivity index (χ1n) is 10.6. The molecule has 172 valence electrons. The lowest BCUT2D eigenvalue weighted by atomic mass is 9.96. The second-order valence-corrected chi connectivity index (χ2v) is 9.71. The fraction of sp³-hybridized carbons (Fsp3) is 0.292. The molecule has 1 aliphatic carbocycles. The van der Waals surface area contributed by atoms with Crippen LogP contribution in [0.1, 0.15) is 53.1 Å². The van der Waals surface area contributed by atoms with Gasteiger partial charge >= 0.3 is 0 Å². The zero-order chi connectivity index (χ0) is 23.8. The fourth-order valence-corrected chi connectivity index (χ4v) is 4.39. The van der Waals surface area contributed by atoms with Crippen LogP contribution in [0.25, 0.3) is 10.4 Å². The second kappa shape index (κ2) is 8.92. The first-order chi connectivity index (χ1) is 15.6. The van der Waals surface area contributed by atoms with E-state index in [0.29, 0.717) is 33.7 Å². The molecule has 0 spiro atoms. The Morgan fingerprint density at radius 2 is 2.00 bits per heavy atom. The summed E-state index contributed by atoms with van der Waals surface area (Å²) in [5.74, 6) is -0.544. The van der Waals surface area contributed by atoms with Crippen molar-refractivity contribution in [2.45, 2.75) is 32.3 Å². The summed E-state index contributed by atoms with van der Waals surface area (Å²) in [6.07, 6.45) is 2.26. The molecular weight excluding hydrogens is 443 g/mol. The van der Waals surface area contributed by atoms with Crippen molar-refractivity contribution in [3.05, 3.63) is 65.1 Å². The van der Waals surface area contributed by atoms with Crippen LogP contribution in [0.5, 0.6) is 0 Å². The summed E-state index contributed by atoms with van der Waals surface area (Å²) in [5, 5.41) is 16.4. The van der Waals surface area contributed by atoms with Crippen molar-refractivity contribution >= 4 is 34.0 Å². The molecule has 4 rings (SSSR count). The van der Waals surface area contributed by atoms with Crippen molar-refractivity contribution in [1.29, 1.82) is 0 Å². The minimum Gasteiger partial charge on any atom is -0.386 e. The zero-order valence-electron chi connectivity index (χ0n) is 18.3. The zero-order valence-corrected chi connectivity index (χ0v) is 19.1. The Balaban J connectivity index is 1.60. The summed E-state index contributed by atoms with van der Waals surface area (Å²) in [6, 6.07) is 11.0. The lowest BCUT2D eigenvalue weighted by Gasteiger charge is -2.18. The Morgan fingerprint density at radius 3 is 2.64 bits per heavy atom. The van der Waals surface area contributed by atoms with Crippen LogP contribution < -0.4 is 16.4 Å². The van der Waals surface area contributed by atoms with Gasteiger partial charge in [0.05, 0.1) is 11.2 Å². The summed E-state index contributed by atoms with van der Waals surface area (Å²) in [7, 11) is 0. The molecule has 3 aromatic rings. The summed E-state index contributed by atoms with van der Waals surface area (Å²) in [5.41, 5.74) is 5.53. The van der Waals surface area contributed by atoms with Crippen LogP contribution >= 0.6 is 11.3 Å². The van der Waals surface area contributed by atoms with E-state index in [4.69, 9.17) is 5.73 Å². The number of amides is 2. The van der Waals surface area contributed by atoms with Crippen molar-refractivity contribution in [2.75, 3.05) is 11.9 Å². The van der Waals surface area contributed by atoms with E-state index in [2.05, 4.69) is 15.6 Å². The molecule has 0 saturated heterocycles. The molecule has 1 aliphatic rings. The average molecular weight is 469 g/mol. The first-order valence-corrected chi connectivity index (χ1v) is 11.4. The molecule has 5 N–H and O–H groups in total. The average Bonchev–Trinajstić information content (AvgIpc) is 3.50. The standard InChI is InChI=1S/C24H25FN4O3S/c1-24(2,32)14-8-9-15(17(25)10-14)19-11-16(21(26)30)23(33-19)29-20-5-3-4-18(28-20)22(31)27-12-13-6-7-13/h3-5,8-11,13,32H,6-7,12H2,1-2H3,(H2,26,30)(H,27,31)(H,28,29). The van der Waals surface area contributed by atoms with Crippen molar-refractivity contribution in [3.63, 3.8) is 0 Å². The number of halogens is 1. The van der Waals surface area contributed by atoms with Gasteiger partial charge in [-0.05, 0) is 62.4 Å². The van der Waals surface area contributed by atoms with Crippen molar-refractivity contribution in [2.24, 2.45) is 11.7 Å². The van der Waals surface area contributed by atoms with Crippen LogP contribution in [0.3, 0.4) is 0 Å². The quantitative estimate of drug-likeness (QED) is 0.396. The number of benzene rings is 1. The smallest absolute Gasteiger partial charge is 0.269 e. The first kappa shape index (κ1) is 22.9. The number of nitrogens with one attached hydrogen (secondary N) is 2. The maximum Gasteiger partial charge on any atom is 0.269 e. The number of anilines is 2. The summed E-state index contributed by atoms with van der Waals surface area (Å²) >= 11 is 1.14. The van der Waals surface area contributed by atoms with Gasteiger partial charge in [-0.2, -0.15) is 0 Å². The van der Waals surface area contributed by atoms with Gasteiger partial charge in [-0.25, -0.2) is 9.37 Å². The highest BCUT2D eigenvalue weighted by atomic mass is 32.1. The van der Waals surface area contributed by atoms with Gasteiger partial charge in [-0.1, -0.05) is 18.2 Å². The van der Waals surface area contributed by atoms with Crippen LogP contribution in [0.15, 0.2) is 42.5 Å². The number of pyridine rings is 1. The number of aliphatic hydroxyl groups is 1. The Hall–Kier alpha value is -3.30. The monoisotopic (exact) mass is 468 g/mol. The molecule has 1 fully saturated rings. The van der Waals surface area contributed by atoms with Gasteiger partial charge in [0, 0.05) is 17.0 Å². The molecule has 2 heterocycles. The van der Waals surface area contributed by atoms with Crippen LogP contribution in [0.2, 0.25) is 0 Å². The number of aromatic nitrogens is 1. The van der Waals surface area contributed by atoms with Gasteiger partial charge in [0.25, 0.3) is 11.8 Å². The summed E-state index contributed by atoms with van der Waals surface area (Å²) in [4.78, 5) is 29.2. The maximum atomic E-state index is 14.8. The molecule has 2 amide bonds. The molecule has 0 radical (unpaired) electrons. The van der Waals surface area contributed by atoms with E-state index < -0.39 is 17.3 Å². The van der Waals surface area contributed by atoms with Gasteiger partial charge in [0.15, 0.2) is 0 Å². The molecule has 1 aromatic carbocycles. The van der Waals surface area contributed by atoms with Crippen molar-refractivity contribution in [1.82, 2.24) is 10.3 Å². The van der Waals surface area contributed by atoms with Gasteiger partial charge in [0.1, 0.15) is 22.3 Å². The largest absolute Gasteiger partial charge is 0.386 e. The van der Waals surface area contributed by atoms with E-state index in [1.165, 1.54) is 12.1 Å². The Labute approximate surface area is 194 Å². The molecule has 0 bridgehead atoms. The maximum absolute atomic E-state index is 14.8. The number of hydrogen-bond acceptors (Lipinski definition) is 6. The SMILES string of the molecule is CC(C)(O)c1ccc(-c2cc(C(N)=O)c(Nc3cccc(C(=O)NCC4CC4)n3)s2)c(F)c1. The predicted octanol–water partition coefficient (Wildman–Crippen LogP) is 4.16. The van der Waals surface area contributed by atoms with E-state index in [-0.39, 0.29) is 22.7 Å². The van der Waals surface area contributed by atoms with Crippen molar-refractivity contribution < 1.29 is 19.1 Å². The molecular formula is C24H25FN4O3S. The minimum absolute atomic E-state index is 0.186. The van der Waals surface area contributed by atoms with Gasteiger partial charge in [0.2, 0.25) is 0 Å². The second-order valence-electron chi connectivity index (χ2n) is 8.66. The Kier molecular flexibility index (Phi) is 6.18. The molecule has 1 saturated carbocycles. The fourth-order valence-electron chi connectivity index (χ4n) is 3.29. The molecule has 0 unspecified atom stereocenters. The van der Waals surface area contributed by atoms with Gasteiger partial charge in [-0.15, -0.1) is 11.3 Å². The molecule has 7 nitrogen and oxygen atoms in total. The van der Waals surface area contributed by atoms with Gasteiger partial charge < -0.3 is 21.5 Å². The van der Waals surface area contributed by atoms with E-state index >= 15 is 0 Å².